The van der Waals surface area contributed by atoms with Crippen LogP contribution in [0.15, 0.2) is 11.4 Å². The minimum atomic E-state index is -1.35. The van der Waals surface area contributed by atoms with E-state index in [1.165, 1.54) is 11.3 Å². The van der Waals surface area contributed by atoms with Crippen molar-refractivity contribution in [3.05, 3.63) is 21.9 Å². The molecule has 0 aliphatic rings. The van der Waals surface area contributed by atoms with Crippen LogP contribution < -0.4 is 16.6 Å². The van der Waals surface area contributed by atoms with Crippen LogP contribution in [0.3, 0.4) is 0 Å². The van der Waals surface area contributed by atoms with Crippen molar-refractivity contribution in [3.8, 4) is 0 Å². The molecule has 0 fully saturated rings. The van der Waals surface area contributed by atoms with E-state index < -0.39 is 24.0 Å². The lowest BCUT2D eigenvalue weighted by Crippen LogP contribution is -2.52. The van der Waals surface area contributed by atoms with E-state index in [-0.39, 0.29) is 0 Å². The predicted octanol–water partition coefficient (Wildman–Crippen LogP) is 1.04. The number of aliphatic hydroxyl groups is 1. The fourth-order valence-electron chi connectivity index (χ4n) is 1.65. The number of aryl methyl sites for hydroxylation is 1. The van der Waals surface area contributed by atoms with Crippen molar-refractivity contribution in [3.63, 3.8) is 0 Å². The Bertz CT molecular complexity index is 505. The minimum absolute atomic E-state index is 0.406. The molecule has 1 unspecified atom stereocenters. The van der Waals surface area contributed by atoms with Gasteiger partial charge >= 0.3 is 0 Å². The summed E-state index contributed by atoms with van der Waals surface area (Å²) in [6, 6.07) is 1.16. The van der Waals surface area contributed by atoms with Gasteiger partial charge in [0.15, 0.2) is 0 Å². The summed E-state index contributed by atoms with van der Waals surface area (Å²) in [6.07, 6.45) is -0.826. The van der Waals surface area contributed by atoms with Gasteiger partial charge in [-0.25, -0.2) is 0 Å². The van der Waals surface area contributed by atoms with E-state index in [0.717, 1.165) is 11.3 Å². The quantitative estimate of drug-likeness (QED) is 0.553. The smallest absolute Gasteiger partial charge is 0.280 e. The largest absolute Gasteiger partial charge is 0.382 e. The van der Waals surface area contributed by atoms with Crippen LogP contribution in [0.2, 0.25) is 0 Å². The van der Waals surface area contributed by atoms with Crippen LogP contribution in [0, 0.1) is 6.92 Å². The van der Waals surface area contributed by atoms with Crippen LogP contribution in [0.25, 0.3) is 0 Å². The molecule has 2 amide bonds. The Kier molecular flexibility index (Phi) is 7.88. The molecular weight excluding hydrogens is 322 g/mol. The Labute approximate surface area is 138 Å². The summed E-state index contributed by atoms with van der Waals surface area (Å²) < 4.78 is 0. The fraction of sp³-hybridized carbons (Fsp3) is 0.571. The minimum Gasteiger partial charge on any atom is -0.382 e. The number of carbonyl (C=O) groups is 2. The van der Waals surface area contributed by atoms with Gasteiger partial charge in [0.2, 0.25) is 0 Å². The van der Waals surface area contributed by atoms with Crippen LogP contribution in [-0.2, 0) is 4.79 Å². The summed E-state index contributed by atoms with van der Waals surface area (Å²) >= 11 is 3.00. The Morgan fingerprint density at radius 2 is 2.09 bits per heavy atom. The summed E-state index contributed by atoms with van der Waals surface area (Å²) in [5.41, 5.74) is 11.1. The molecule has 0 saturated heterocycles. The first-order valence-electron chi connectivity index (χ1n) is 7.02. The molecule has 22 heavy (non-hydrogen) atoms. The summed E-state index contributed by atoms with van der Waals surface area (Å²) in [7, 11) is 0. The lowest BCUT2D eigenvalue weighted by molar-refractivity contribution is -0.131. The lowest BCUT2D eigenvalue weighted by atomic mass is 10.1. The van der Waals surface area contributed by atoms with Crippen LogP contribution in [0.4, 0.5) is 0 Å². The third-order valence-electron chi connectivity index (χ3n) is 2.94. The molecule has 1 aromatic heterocycles. The molecular formula is C14H23N3O3S2. The maximum Gasteiger partial charge on any atom is 0.280 e. The number of carbonyl (C=O) groups excluding carboxylic acids is 2. The number of aliphatic hydroxyl groups excluding tert-OH is 1. The van der Waals surface area contributed by atoms with Crippen LogP contribution in [0.1, 0.15) is 35.5 Å². The van der Waals surface area contributed by atoms with Gasteiger partial charge in [0, 0.05) is 6.04 Å². The van der Waals surface area contributed by atoms with E-state index in [9.17, 15) is 14.7 Å². The molecule has 0 radical (unpaired) electrons. The van der Waals surface area contributed by atoms with Crippen LogP contribution in [0.5, 0.6) is 0 Å². The normalized spacial score (nSPS) is 13.7. The Hall–Kier alpha value is -1.09. The Morgan fingerprint density at radius 1 is 1.41 bits per heavy atom. The molecule has 0 aliphatic heterocycles. The van der Waals surface area contributed by atoms with Gasteiger partial charge in [-0.2, -0.15) is 11.8 Å². The van der Waals surface area contributed by atoms with Gasteiger partial charge in [-0.3, -0.25) is 20.4 Å². The van der Waals surface area contributed by atoms with Gasteiger partial charge in [-0.15, -0.1) is 11.3 Å². The second kappa shape index (κ2) is 9.14. The SMILES string of the molecule is Cc1ccsc1C(=O)NNC(=O)C(O)[C@H](N)CCSC(C)C. The molecule has 1 heterocycles. The van der Waals surface area contributed by atoms with Gasteiger partial charge in [0.05, 0.1) is 4.88 Å². The molecule has 1 aromatic rings. The van der Waals surface area contributed by atoms with Gasteiger partial charge < -0.3 is 10.8 Å². The van der Waals surface area contributed by atoms with Gasteiger partial charge in [0.25, 0.3) is 11.8 Å². The van der Waals surface area contributed by atoms with Crippen molar-refractivity contribution < 1.29 is 14.7 Å². The van der Waals surface area contributed by atoms with E-state index in [2.05, 4.69) is 24.7 Å². The topological polar surface area (TPSA) is 104 Å². The monoisotopic (exact) mass is 345 g/mol. The maximum absolute atomic E-state index is 11.8. The Morgan fingerprint density at radius 3 is 2.64 bits per heavy atom. The molecule has 124 valence electrons. The molecule has 0 aromatic carbocycles. The first-order valence-corrected chi connectivity index (χ1v) is 8.95. The van der Waals surface area contributed by atoms with Crippen molar-refractivity contribution in [2.75, 3.05) is 5.75 Å². The Balaban J connectivity index is 2.37. The highest BCUT2D eigenvalue weighted by Gasteiger charge is 2.23. The van der Waals surface area contributed by atoms with Crippen molar-refractivity contribution in [1.82, 2.24) is 10.9 Å². The second-order valence-electron chi connectivity index (χ2n) is 5.19. The van der Waals surface area contributed by atoms with Crippen molar-refractivity contribution >= 4 is 34.9 Å². The zero-order valence-corrected chi connectivity index (χ0v) is 14.6. The van der Waals surface area contributed by atoms with E-state index in [4.69, 9.17) is 5.73 Å². The molecule has 8 heteroatoms. The summed E-state index contributed by atoms with van der Waals surface area (Å²) in [6.45, 7) is 5.95. The second-order valence-corrected chi connectivity index (χ2v) is 7.79. The third kappa shape index (κ3) is 5.96. The molecule has 0 saturated carbocycles. The summed E-state index contributed by atoms with van der Waals surface area (Å²) in [5.74, 6) is -0.342. The van der Waals surface area contributed by atoms with Crippen LogP contribution in [-0.4, -0.2) is 40.1 Å². The zero-order valence-electron chi connectivity index (χ0n) is 13.0. The van der Waals surface area contributed by atoms with E-state index in [1.807, 2.05) is 13.0 Å². The first kappa shape index (κ1) is 19.0. The highest BCUT2D eigenvalue weighted by molar-refractivity contribution is 7.99. The highest BCUT2D eigenvalue weighted by Crippen LogP contribution is 2.15. The number of hydrogen-bond acceptors (Lipinski definition) is 6. The molecule has 5 N–H and O–H groups in total. The number of thioether (sulfide) groups is 1. The standard InChI is InChI=1S/C14H23N3O3S2/c1-8(2)21-7-5-10(15)11(18)13(19)16-17-14(20)12-9(3)4-6-22-12/h4,6,8,10-11,18H,5,7,15H2,1-3H3,(H,16,19)(H,17,20)/t10-,11?/m1/s1. The number of amides is 2. The molecule has 0 spiro atoms. The number of nitrogens with two attached hydrogens (primary N) is 1. The molecule has 2 atom stereocenters. The third-order valence-corrected chi connectivity index (χ3v) is 5.10. The summed E-state index contributed by atoms with van der Waals surface area (Å²) in [5, 5.41) is 12.1. The van der Waals surface area contributed by atoms with Gasteiger partial charge in [0.1, 0.15) is 6.10 Å². The van der Waals surface area contributed by atoms with Gasteiger partial charge in [-0.05, 0) is 41.4 Å². The fourth-order valence-corrected chi connectivity index (χ4v) is 3.35. The summed E-state index contributed by atoms with van der Waals surface area (Å²) in [4.78, 5) is 24.1. The highest BCUT2D eigenvalue weighted by atomic mass is 32.2. The number of nitrogens with one attached hydrogen (secondary N) is 2. The van der Waals surface area contributed by atoms with E-state index in [1.54, 1.807) is 17.1 Å². The molecule has 0 aliphatic carbocycles. The van der Waals surface area contributed by atoms with Crippen molar-refractivity contribution in [2.45, 2.75) is 44.6 Å². The molecule has 6 nitrogen and oxygen atoms in total. The number of hydrazine groups is 1. The number of rotatable bonds is 7. The lowest BCUT2D eigenvalue weighted by Gasteiger charge is -2.18. The maximum atomic E-state index is 11.8. The van der Waals surface area contributed by atoms with Crippen molar-refractivity contribution in [2.24, 2.45) is 5.73 Å². The predicted molar refractivity (Wildman–Crippen MR) is 90.9 cm³/mol. The number of thiophene rings is 1. The zero-order chi connectivity index (χ0) is 16.7. The van der Waals surface area contributed by atoms with E-state index >= 15 is 0 Å². The van der Waals surface area contributed by atoms with E-state index in [0.29, 0.717) is 16.5 Å². The average molecular weight is 345 g/mol. The average Bonchev–Trinajstić information content (AvgIpc) is 2.89. The van der Waals surface area contributed by atoms with Crippen molar-refractivity contribution in [1.29, 1.82) is 0 Å². The van der Waals surface area contributed by atoms with Gasteiger partial charge in [-0.1, -0.05) is 13.8 Å². The molecule has 0 bridgehead atoms. The molecule has 1 rings (SSSR count). The first-order chi connectivity index (χ1) is 10.3. The van der Waals surface area contributed by atoms with Crippen LogP contribution >= 0.6 is 23.1 Å². The number of hydrogen-bond donors (Lipinski definition) is 4.